The van der Waals surface area contributed by atoms with E-state index in [9.17, 15) is 8.42 Å². The van der Waals surface area contributed by atoms with Gasteiger partial charge in [0.15, 0.2) is 5.82 Å². The van der Waals surface area contributed by atoms with Gasteiger partial charge in [0.05, 0.1) is 6.61 Å². The number of piperazine rings is 1. The van der Waals surface area contributed by atoms with Gasteiger partial charge in [0, 0.05) is 36.7 Å². The van der Waals surface area contributed by atoms with E-state index in [1.807, 2.05) is 11.8 Å². The Kier molecular flexibility index (Phi) is 5.97. The first kappa shape index (κ1) is 20.7. The van der Waals surface area contributed by atoms with Crippen molar-refractivity contribution in [3.8, 4) is 11.6 Å². The maximum absolute atomic E-state index is 13.3. The van der Waals surface area contributed by atoms with Crippen molar-refractivity contribution in [2.24, 2.45) is 0 Å². The minimum absolute atomic E-state index is 0.169. The number of nitrogens with zero attached hydrogens (tertiary/aromatic N) is 7. The second-order valence-corrected chi connectivity index (χ2v) is 9.31. The molecule has 1 aromatic carbocycles. The monoisotopic (exact) mass is 493 g/mol. The Morgan fingerprint density at radius 3 is 2.53 bits per heavy atom. The van der Waals surface area contributed by atoms with E-state index in [0.29, 0.717) is 54.6 Å². The van der Waals surface area contributed by atoms with Crippen LogP contribution in [0.25, 0.3) is 5.82 Å². The quantitative estimate of drug-likeness (QED) is 0.510. The molecule has 0 atom stereocenters. The molecule has 1 aliphatic heterocycles. The lowest BCUT2D eigenvalue weighted by atomic mass is 10.3. The lowest BCUT2D eigenvalue weighted by molar-refractivity contribution is 0.327. The second kappa shape index (κ2) is 8.66. The summed E-state index contributed by atoms with van der Waals surface area (Å²) in [5.41, 5.74) is 0. The summed E-state index contributed by atoms with van der Waals surface area (Å²) in [7, 11) is -3.69. The summed E-state index contributed by atoms with van der Waals surface area (Å²) in [6.07, 6.45) is 4.46. The molecule has 4 rings (SSSR count). The SMILES string of the molecule is CCOc1ccc(Br)cc1S(=O)(=O)N1CCN(c2cc(-n3cncn3)ncn2)CC1. The van der Waals surface area contributed by atoms with Crippen molar-refractivity contribution in [2.75, 3.05) is 37.7 Å². The number of anilines is 1. The number of benzene rings is 1. The molecule has 0 bridgehead atoms. The predicted molar refractivity (Wildman–Crippen MR) is 113 cm³/mol. The molecule has 158 valence electrons. The summed E-state index contributed by atoms with van der Waals surface area (Å²) in [4.78, 5) is 14.7. The predicted octanol–water partition coefficient (Wildman–Crippen LogP) is 1.73. The van der Waals surface area contributed by atoms with Crippen molar-refractivity contribution < 1.29 is 13.2 Å². The zero-order valence-electron chi connectivity index (χ0n) is 16.2. The molecule has 12 heteroatoms. The van der Waals surface area contributed by atoms with E-state index in [-0.39, 0.29) is 4.90 Å². The van der Waals surface area contributed by atoms with E-state index in [2.05, 4.69) is 36.0 Å². The number of ether oxygens (including phenoxy) is 1. The normalized spacial score (nSPS) is 15.3. The van der Waals surface area contributed by atoms with Gasteiger partial charge in [-0.25, -0.2) is 28.1 Å². The van der Waals surface area contributed by atoms with Gasteiger partial charge in [-0.05, 0) is 25.1 Å². The summed E-state index contributed by atoms with van der Waals surface area (Å²) in [5.74, 6) is 1.67. The molecule has 1 aliphatic rings. The van der Waals surface area contributed by atoms with Crippen LogP contribution in [0.4, 0.5) is 5.82 Å². The molecule has 10 nitrogen and oxygen atoms in total. The molecule has 3 aromatic rings. The van der Waals surface area contributed by atoms with Crippen LogP contribution >= 0.6 is 15.9 Å². The molecule has 1 fully saturated rings. The molecule has 0 aliphatic carbocycles. The van der Waals surface area contributed by atoms with Gasteiger partial charge in [0.25, 0.3) is 0 Å². The molecule has 2 aromatic heterocycles. The van der Waals surface area contributed by atoms with Crippen LogP contribution in [0, 0.1) is 0 Å². The van der Waals surface area contributed by atoms with Crippen LogP contribution in [0.5, 0.6) is 5.75 Å². The third-order valence-electron chi connectivity index (χ3n) is 4.68. The van der Waals surface area contributed by atoms with Gasteiger partial charge in [-0.15, -0.1) is 0 Å². The highest BCUT2D eigenvalue weighted by Gasteiger charge is 2.31. The van der Waals surface area contributed by atoms with Gasteiger partial charge in [-0.1, -0.05) is 15.9 Å². The smallest absolute Gasteiger partial charge is 0.246 e. The zero-order valence-corrected chi connectivity index (χ0v) is 18.6. The van der Waals surface area contributed by atoms with E-state index >= 15 is 0 Å². The average molecular weight is 494 g/mol. The number of halogens is 1. The third-order valence-corrected chi connectivity index (χ3v) is 7.09. The Bertz CT molecular complexity index is 1120. The van der Waals surface area contributed by atoms with Crippen molar-refractivity contribution >= 4 is 31.8 Å². The van der Waals surface area contributed by atoms with E-state index in [0.717, 1.165) is 0 Å². The van der Waals surface area contributed by atoms with Crippen LogP contribution < -0.4 is 9.64 Å². The van der Waals surface area contributed by atoms with Gasteiger partial charge < -0.3 is 9.64 Å². The molecule has 3 heterocycles. The number of hydrogen-bond acceptors (Lipinski definition) is 8. The molecule has 0 N–H and O–H groups in total. The van der Waals surface area contributed by atoms with Gasteiger partial charge in [-0.2, -0.15) is 9.40 Å². The van der Waals surface area contributed by atoms with Crippen molar-refractivity contribution in [3.63, 3.8) is 0 Å². The maximum Gasteiger partial charge on any atom is 0.246 e. The summed E-state index contributed by atoms with van der Waals surface area (Å²) in [5, 5.41) is 4.07. The number of hydrogen-bond donors (Lipinski definition) is 0. The Morgan fingerprint density at radius 2 is 1.83 bits per heavy atom. The van der Waals surface area contributed by atoms with E-state index in [4.69, 9.17) is 4.74 Å². The summed E-state index contributed by atoms with van der Waals surface area (Å²) >= 11 is 3.35. The van der Waals surface area contributed by atoms with Crippen LogP contribution in [-0.4, -0.2) is 70.2 Å². The van der Waals surface area contributed by atoms with Crippen LogP contribution in [0.3, 0.4) is 0 Å². The van der Waals surface area contributed by atoms with Crippen LogP contribution in [-0.2, 0) is 10.0 Å². The van der Waals surface area contributed by atoms with E-state index in [1.165, 1.54) is 17.0 Å². The van der Waals surface area contributed by atoms with Crippen molar-refractivity contribution in [1.29, 1.82) is 0 Å². The maximum atomic E-state index is 13.3. The zero-order chi connectivity index (χ0) is 21.1. The van der Waals surface area contributed by atoms with Gasteiger partial charge in [0.1, 0.15) is 35.4 Å². The van der Waals surface area contributed by atoms with E-state index < -0.39 is 10.0 Å². The highest BCUT2D eigenvalue weighted by Crippen LogP contribution is 2.31. The second-order valence-electron chi connectivity index (χ2n) is 6.49. The lowest BCUT2D eigenvalue weighted by Crippen LogP contribution is -2.49. The fourth-order valence-electron chi connectivity index (χ4n) is 3.22. The molecular weight excluding hydrogens is 474 g/mol. The summed E-state index contributed by atoms with van der Waals surface area (Å²) < 4.78 is 35.8. The Labute approximate surface area is 182 Å². The summed E-state index contributed by atoms with van der Waals surface area (Å²) in [6, 6.07) is 6.83. The van der Waals surface area contributed by atoms with Crippen molar-refractivity contribution in [2.45, 2.75) is 11.8 Å². The van der Waals surface area contributed by atoms with Crippen LogP contribution in [0.2, 0.25) is 0 Å². The van der Waals surface area contributed by atoms with Crippen molar-refractivity contribution in [3.05, 3.63) is 47.7 Å². The number of aromatic nitrogens is 5. The first-order chi connectivity index (χ1) is 14.5. The van der Waals surface area contributed by atoms with Gasteiger partial charge in [-0.3, -0.25) is 0 Å². The molecular formula is C18H20BrN7O3S. The molecule has 0 amide bonds. The average Bonchev–Trinajstić information content (AvgIpc) is 3.30. The van der Waals surface area contributed by atoms with Gasteiger partial charge >= 0.3 is 0 Å². The Morgan fingerprint density at radius 1 is 1.07 bits per heavy atom. The number of rotatable bonds is 6. The minimum Gasteiger partial charge on any atom is -0.492 e. The van der Waals surface area contributed by atoms with E-state index in [1.54, 1.807) is 35.3 Å². The highest BCUT2D eigenvalue weighted by atomic mass is 79.9. The fourth-order valence-corrected chi connectivity index (χ4v) is 5.31. The molecule has 0 saturated carbocycles. The topological polar surface area (TPSA) is 106 Å². The van der Waals surface area contributed by atoms with Crippen LogP contribution in [0.15, 0.2) is 52.6 Å². The Hall–Kier alpha value is -2.57. The standard InChI is InChI=1S/C18H20BrN7O3S/c1-2-29-15-4-3-14(19)9-16(15)30(27,28)25-7-5-24(6-8-25)17-10-18(22-12-21-17)26-13-20-11-23-26/h3-4,9-13H,2,5-8H2,1H3. The van der Waals surface area contributed by atoms with Crippen LogP contribution in [0.1, 0.15) is 6.92 Å². The molecule has 0 unspecified atom stereocenters. The largest absolute Gasteiger partial charge is 0.492 e. The van der Waals surface area contributed by atoms with Gasteiger partial charge in [0.2, 0.25) is 10.0 Å². The van der Waals surface area contributed by atoms with Crippen molar-refractivity contribution in [1.82, 2.24) is 29.0 Å². The number of sulfonamides is 1. The first-order valence-electron chi connectivity index (χ1n) is 9.33. The molecule has 30 heavy (non-hydrogen) atoms. The molecule has 1 saturated heterocycles. The third kappa shape index (κ3) is 4.16. The summed E-state index contributed by atoms with van der Waals surface area (Å²) in [6.45, 7) is 3.90. The first-order valence-corrected chi connectivity index (χ1v) is 11.6. The highest BCUT2D eigenvalue weighted by molar-refractivity contribution is 9.10. The lowest BCUT2D eigenvalue weighted by Gasteiger charge is -2.34. The molecule has 0 spiro atoms. The fraction of sp³-hybridized carbons (Fsp3) is 0.333. The molecule has 0 radical (unpaired) electrons. The minimum atomic E-state index is -3.69. The Balaban J connectivity index is 1.51.